The molecule has 1 aromatic carbocycles. The second-order valence-corrected chi connectivity index (χ2v) is 5.39. The lowest BCUT2D eigenvalue weighted by atomic mass is 9.71. The lowest BCUT2D eigenvalue weighted by molar-refractivity contribution is 0.158. The van der Waals surface area contributed by atoms with Gasteiger partial charge in [0.1, 0.15) is 11.5 Å². The van der Waals surface area contributed by atoms with E-state index in [2.05, 4.69) is 23.5 Å². The number of allylic oxidation sites excluding steroid dienone is 2. The van der Waals surface area contributed by atoms with Gasteiger partial charge in [0.2, 0.25) is 0 Å². The van der Waals surface area contributed by atoms with Crippen molar-refractivity contribution in [2.45, 2.75) is 25.4 Å². The molecular weight excluding hydrogens is 238 g/mol. The number of rotatable bonds is 5. The normalized spacial score (nSPS) is 27.8. The molecule has 1 unspecified atom stereocenters. The van der Waals surface area contributed by atoms with E-state index in [1.54, 1.807) is 14.2 Å². The molecule has 2 aliphatic rings. The smallest absolute Gasteiger partial charge is 0.127 e. The Labute approximate surface area is 114 Å². The average Bonchev–Trinajstić information content (AvgIpc) is 2.80. The molecule has 0 heterocycles. The summed E-state index contributed by atoms with van der Waals surface area (Å²) in [6, 6.07) is 6.66. The first-order valence-corrected chi connectivity index (χ1v) is 6.92. The Kier molecular flexibility index (Phi) is 3.47. The summed E-state index contributed by atoms with van der Waals surface area (Å²) in [4.78, 5) is 0. The highest BCUT2D eigenvalue weighted by atomic mass is 16.5. The molecule has 1 fully saturated rings. The molecule has 0 saturated heterocycles. The van der Waals surface area contributed by atoms with Crippen molar-refractivity contribution in [3.63, 3.8) is 0 Å². The Morgan fingerprint density at radius 3 is 2.89 bits per heavy atom. The minimum atomic E-state index is 0.659. The quantitative estimate of drug-likeness (QED) is 0.825. The van der Waals surface area contributed by atoms with E-state index >= 15 is 0 Å². The number of fused-ring (bicyclic) bond motifs is 1. The third kappa shape index (κ3) is 2.35. The van der Waals surface area contributed by atoms with E-state index in [1.807, 2.05) is 12.1 Å². The van der Waals surface area contributed by atoms with Crippen LogP contribution in [-0.4, -0.2) is 20.3 Å². The molecule has 3 heteroatoms. The fourth-order valence-electron chi connectivity index (χ4n) is 3.19. The van der Waals surface area contributed by atoms with Crippen molar-refractivity contribution in [1.29, 1.82) is 0 Å². The molecule has 1 aromatic rings. The van der Waals surface area contributed by atoms with Gasteiger partial charge in [-0.25, -0.2) is 0 Å². The topological polar surface area (TPSA) is 30.5 Å². The fraction of sp³-hybridized carbons (Fsp3) is 0.500. The number of hydrogen-bond donors (Lipinski definition) is 1. The highest BCUT2D eigenvalue weighted by Crippen LogP contribution is 2.42. The number of nitrogens with one attached hydrogen (secondary N) is 1. The Morgan fingerprint density at radius 1 is 1.26 bits per heavy atom. The first kappa shape index (κ1) is 12.5. The number of ether oxygens (including phenoxy) is 2. The van der Waals surface area contributed by atoms with E-state index in [0.29, 0.717) is 6.04 Å². The number of methoxy groups -OCH3 is 2. The van der Waals surface area contributed by atoms with Crippen LogP contribution in [0, 0.1) is 11.8 Å². The Morgan fingerprint density at radius 2 is 2.16 bits per heavy atom. The molecule has 0 aliphatic heterocycles. The van der Waals surface area contributed by atoms with Crippen molar-refractivity contribution in [1.82, 2.24) is 5.32 Å². The van der Waals surface area contributed by atoms with Gasteiger partial charge in [0.15, 0.2) is 0 Å². The van der Waals surface area contributed by atoms with Gasteiger partial charge in [0.25, 0.3) is 0 Å². The zero-order valence-electron chi connectivity index (χ0n) is 11.6. The monoisotopic (exact) mass is 259 g/mol. The predicted octanol–water partition coefficient (Wildman–Crippen LogP) is 2.76. The molecule has 102 valence electrons. The van der Waals surface area contributed by atoms with Gasteiger partial charge in [0.05, 0.1) is 14.2 Å². The maximum absolute atomic E-state index is 5.43. The molecule has 3 atom stereocenters. The molecule has 0 bridgehead atoms. The fourth-order valence-corrected chi connectivity index (χ4v) is 3.19. The van der Waals surface area contributed by atoms with E-state index in [-0.39, 0.29) is 0 Å². The Bertz CT molecular complexity index is 484. The highest BCUT2D eigenvalue weighted by Gasteiger charge is 2.40. The zero-order chi connectivity index (χ0) is 13.2. The van der Waals surface area contributed by atoms with Crippen LogP contribution in [0.15, 0.2) is 30.4 Å². The van der Waals surface area contributed by atoms with E-state index in [1.165, 1.54) is 18.4 Å². The minimum absolute atomic E-state index is 0.659. The number of benzene rings is 1. The first-order chi connectivity index (χ1) is 9.31. The van der Waals surface area contributed by atoms with Crippen molar-refractivity contribution in [2.24, 2.45) is 11.8 Å². The van der Waals surface area contributed by atoms with Crippen LogP contribution in [0.5, 0.6) is 11.5 Å². The second kappa shape index (κ2) is 5.25. The maximum atomic E-state index is 5.43. The summed E-state index contributed by atoms with van der Waals surface area (Å²) in [6.07, 6.45) is 7.21. The summed E-state index contributed by atoms with van der Waals surface area (Å²) in [5.41, 5.74) is 1.19. The van der Waals surface area contributed by atoms with Crippen LogP contribution < -0.4 is 14.8 Å². The van der Waals surface area contributed by atoms with Gasteiger partial charge in [-0.2, -0.15) is 0 Å². The lowest BCUT2D eigenvalue weighted by Crippen LogP contribution is -2.47. The van der Waals surface area contributed by atoms with Crippen LogP contribution >= 0.6 is 0 Å². The summed E-state index contributed by atoms with van der Waals surface area (Å²) < 4.78 is 10.6. The molecule has 3 nitrogen and oxygen atoms in total. The molecular formula is C16H21NO2. The predicted molar refractivity (Wildman–Crippen MR) is 75.5 cm³/mol. The van der Waals surface area contributed by atoms with Gasteiger partial charge in [-0.15, -0.1) is 0 Å². The minimum Gasteiger partial charge on any atom is -0.497 e. The van der Waals surface area contributed by atoms with Gasteiger partial charge in [-0.1, -0.05) is 18.2 Å². The van der Waals surface area contributed by atoms with E-state index in [9.17, 15) is 0 Å². The summed E-state index contributed by atoms with van der Waals surface area (Å²) in [5.74, 6) is 3.39. The lowest BCUT2D eigenvalue weighted by Gasteiger charge is -2.41. The van der Waals surface area contributed by atoms with Crippen molar-refractivity contribution < 1.29 is 9.47 Å². The molecule has 1 N–H and O–H groups in total. The third-order valence-corrected chi connectivity index (χ3v) is 4.43. The van der Waals surface area contributed by atoms with Crippen LogP contribution in [0.4, 0.5) is 0 Å². The Hall–Kier alpha value is -1.48. The summed E-state index contributed by atoms with van der Waals surface area (Å²) in [7, 11) is 3.38. The molecule has 3 rings (SSSR count). The third-order valence-electron chi connectivity index (χ3n) is 4.43. The van der Waals surface area contributed by atoms with Crippen molar-refractivity contribution in [3.8, 4) is 11.5 Å². The van der Waals surface area contributed by atoms with Gasteiger partial charge in [-0.05, 0) is 30.7 Å². The van der Waals surface area contributed by atoms with Crippen LogP contribution in [0.1, 0.15) is 18.4 Å². The van der Waals surface area contributed by atoms with Crippen LogP contribution in [0.25, 0.3) is 0 Å². The highest BCUT2D eigenvalue weighted by molar-refractivity contribution is 5.40. The number of hydrogen-bond acceptors (Lipinski definition) is 3. The first-order valence-electron chi connectivity index (χ1n) is 6.92. The van der Waals surface area contributed by atoms with E-state index in [0.717, 1.165) is 29.9 Å². The summed E-state index contributed by atoms with van der Waals surface area (Å²) in [5, 5.41) is 3.66. The SMILES string of the molecule is COc1ccc(CNC2C[C@H]3C=CC[C@@H]23)c(OC)c1. The van der Waals surface area contributed by atoms with Crippen LogP contribution in [0.3, 0.4) is 0 Å². The average molecular weight is 259 g/mol. The van der Waals surface area contributed by atoms with E-state index < -0.39 is 0 Å². The molecule has 0 aromatic heterocycles. The van der Waals surface area contributed by atoms with Crippen molar-refractivity contribution in [3.05, 3.63) is 35.9 Å². The van der Waals surface area contributed by atoms with E-state index in [4.69, 9.17) is 9.47 Å². The molecule has 0 amide bonds. The zero-order valence-corrected chi connectivity index (χ0v) is 11.6. The van der Waals surface area contributed by atoms with Crippen molar-refractivity contribution >= 4 is 0 Å². The van der Waals surface area contributed by atoms with Crippen molar-refractivity contribution in [2.75, 3.05) is 14.2 Å². The molecule has 0 radical (unpaired) electrons. The maximum Gasteiger partial charge on any atom is 0.127 e. The second-order valence-electron chi connectivity index (χ2n) is 5.39. The van der Waals surface area contributed by atoms with Gasteiger partial charge < -0.3 is 14.8 Å². The molecule has 19 heavy (non-hydrogen) atoms. The van der Waals surface area contributed by atoms with Crippen LogP contribution in [0.2, 0.25) is 0 Å². The molecule has 1 saturated carbocycles. The summed E-state index contributed by atoms with van der Waals surface area (Å²) >= 11 is 0. The Balaban J connectivity index is 1.60. The van der Waals surface area contributed by atoms with Gasteiger partial charge >= 0.3 is 0 Å². The van der Waals surface area contributed by atoms with Crippen LogP contribution in [-0.2, 0) is 6.54 Å². The van der Waals surface area contributed by atoms with Gasteiger partial charge in [0, 0.05) is 24.2 Å². The standard InChI is InChI=1S/C16H21NO2/c1-18-13-7-6-12(16(9-13)19-2)10-17-15-8-11-4-3-5-14(11)15/h3-4,6-7,9,11,14-15,17H,5,8,10H2,1-2H3/t11-,14-,15?/m1/s1. The van der Waals surface area contributed by atoms with Gasteiger partial charge in [-0.3, -0.25) is 0 Å². The largest absolute Gasteiger partial charge is 0.497 e. The summed E-state index contributed by atoms with van der Waals surface area (Å²) in [6.45, 7) is 0.862. The molecule has 0 spiro atoms. The molecule has 2 aliphatic carbocycles.